The lowest BCUT2D eigenvalue weighted by atomic mass is 9.88. The predicted molar refractivity (Wildman–Crippen MR) is 61.9 cm³/mol. The first kappa shape index (κ1) is 9.57. The molecule has 3 rings (SSSR count). The van der Waals surface area contributed by atoms with Gasteiger partial charge in [0.15, 0.2) is 11.5 Å². The molecule has 16 heavy (non-hydrogen) atoms. The highest BCUT2D eigenvalue weighted by molar-refractivity contribution is 5.81. The molecule has 5 heteroatoms. The average Bonchev–Trinajstić information content (AvgIpc) is 2.85. The minimum absolute atomic E-state index is 0.160. The number of nitrogens with zero attached hydrogens (tertiary/aromatic N) is 3. The molecule has 1 aliphatic carbocycles. The van der Waals surface area contributed by atoms with Gasteiger partial charge in [0.25, 0.3) is 0 Å². The molecular weight excluding hydrogens is 202 g/mol. The third-order valence-corrected chi connectivity index (χ3v) is 3.60. The van der Waals surface area contributed by atoms with Crippen LogP contribution in [0.2, 0.25) is 0 Å². The van der Waals surface area contributed by atoms with Crippen LogP contribution >= 0.6 is 0 Å². The van der Waals surface area contributed by atoms with Crippen molar-refractivity contribution >= 4 is 17.0 Å². The lowest BCUT2D eigenvalue weighted by Gasteiger charge is -2.19. The van der Waals surface area contributed by atoms with E-state index in [4.69, 9.17) is 5.73 Å². The van der Waals surface area contributed by atoms with Gasteiger partial charge in [-0.2, -0.15) is 0 Å². The number of anilines is 1. The first-order chi connectivity index (χ1) is 7.69. The number of hydrogen-bond donors (Lipinski definition) is 2. The van der Waals surface area contributed by atoms with Gasteiger partial charge >= 0.3 is 0 Å². The molecule has 5 nitrogen and oxygen atoms in total. The van der Waals surface area contributed by atoms with Gasteiger partial charge in [-0.15, -0.1) is 0 Å². The van der Waals surface area contributed by atoms with E-state index in [0.717, 1.165) is 11.3 Å². The zero-order chi connectivity index (χ0) is 11.2. The number of nitrogen functional groups attached to an aromatic ring is 1. The van der Waals surface area contributed by atoms with E-state index in [9.17, 15) is 0 Å². The van der Waals surface area contributed by atoms with E-state index in [0.29, 0.717) is 11.5 Å². The van der Waals surface area contributed by atoms with Crippen molar-refractivity contribution in [1.82, 2.24) is 19.9 Å². The summed E-state index contributed by atoms with van der Waals surface area (Å²) in [7, 11) is 0. The summed E-state index contributed by atoms with van der Waals surface area (Å²) < 4.78 is 0. The van der Waals surface area contributed by atoms with Crippen LogP contribution in [-0.4, -0.2) is 19.9 Å². The van der Waals surface area contributed by atoms with Crippen molar-refractivity contribution in [3.05, 3.63) is 12.2 Å². The van der Waals surface area contributed by atoms with Gasteiger partial charge < -0.3 is 10.7 Å². The second-order valence-electron chi connectivity index (χ2n) is 4.81. The number of imidazole rings is 1. The number of hydrogen-bond acceptors (Lipinski definition) is 4. The van der Waals surface area contributed by atoms with Gasteiger partial charge in [-0.25, -0.2) is 15.0 Å². The van der Waals surface area contributed by atoms with Crippen LogP contribution in [0.1, 0.15) is 38.4 Å². The highest BCUT2D eigenvalue weighted by Gasteiger charge is 2.33. The van der Waals surface area contributed by atoms with E-state index < -0.39 is 0 Å². The van der Waals surface area contributed by atoms with E-state index in [1.807, 2.05) is 0 Å². The number of aromatic amines is 1. The van der Waals surface area contributed by atoms with Gasteiger partial charge in [0.05, 0.1) is 0 Å². The minimum Gasteiger partial charge on any atom is -0.382 e. The van der Waals surface area contributed by atoms with Crippen LogP contribution < -0.4 is 5.73 Å². The third-order valence-electron chi connectivity index (χ3n) is 3.60. The van der Waals surface area contributed by atoms with E-state index in [-0.39, 0.29) is 5.41 Å². The molecule has 0 aliphatic heterocycles. The zero-order valence-corrected chi connectivity index (χ0v) is 9.32. The Morgan fingerprint density at radius 1 is 1.31 bits per heavy atom. The Kier molecular flexibility index (Phi) is 1.89. The third kappa shape index (κ3) is 1.27. The SMILES string of the molecule is CC1(c2nc3ncnc(N)c3[nH]2)CCCC1. The second-order valence-corrected chi connectivity index (χ2v) is 4.81. The van der Waals surface area contributed by atoms with E-state index in [1.165, 1.54) is 32.0 Å². The number of fused-ring (bicyclic) bond motifs is 1. The van der Waals surface area contributed by atoms with Crippen LogP contribution in [0.3, 0.4) is 0 Å². The zero-order valence-electron chi connectivity index (χ0n) is 9.32. The van der Waals surface area contributed by atoms with Gasteiger partial charge in [0.1, 0.15) is 17.7 Å². The molecule has 2 heterocycles. The van der Waals surface area contributed by atoms with E-state index in [1.54, 1.807) is 0 Å². The minimum atomic E-state index is 0.160. The fourth-order valence-electron chi connectivity index (χ4n) is 2.52. The maximum Gasteiger partial charge on any atom is 0.183 e. The van der Waals surface area contributed by atoms with Crippen molar-refractivity contribution in [2.24, 2.45) is 0 Å². The Morgan fingerprint density at radius 2 is 2.06 bits per heavy atom. The van der Waals surface area contributed by atoms with Gasteiger partial charge in [0.2, 0.25) is 0 Å². The summed E-state index contributed by atoms with van der Waals surface area (Å²) >= 11 is 0. The van der Waals surface area contributed by atoms with Crippen LogP contribution in [-0.2, 0) is 5.41 Å². The molecule has 1 saturated carbocycles. The lowest BCUT2D eigenvalue weighted by molar-refractivity contribution is 0.464. The monoisotopic (exact) mass is 217 g/mol. The smallest absolute Gasteiger partial charge is 0.183 e. The van der Waals surface area contributed by atoms with Crippen molar-refractivity contribution < 1.29 is 0 Å². The molecule has 0 amide bonds. The summed E-state index contributed by atoms with van der Waals surface area (Å²) in [4.78, 5) is 15.9. The van der Waals surface area contributed by atoms with Crippen molar-refractivity contribution in [3.63, 3.8) is 0 Å². The molecule has 84 valence electrons. The quantitative estimate of drug-likeness (QED) is 0.762. The highest BCUT2D eigenvalue weighted by Crippen LogP contribution is 2.39. The molecule has 0 unspecified atom stereocenters. The van der Waals surface area contributed by atoms with Gasteiger partial charge in [-0.05, 0) is 12.8 Å². The Hall–Kier alpha value is -1.65. The topological polar surface area (TPSA) is 80.5 Å². The van der Waals surface area contributed by atoms with Crippen molar-refractivity contribution in [2.75, 3.05) is 5.73 Å². The molecule has 2 aromatic rings. The Balaban J connectivity index is 2.15. The fraction of sp³-hybridized carbons (Fsp3) is 0.545. The molecular formula is C11H15N5. The fourth-order valence-corrected chi connectivity index (χ4v) is 2.52. The highest BCUT2D eigenvalue weighted by atomic mass is 15.1. The lowest BCUT2D eigenvalue weighted by Crippen LogP contribution is -2.18. The molecule has 0 radical (unpaired) electrons. The maximum atomic E-state index is 5.79. The summed E-state index contributed by atoms with van der Waals surface area (Å²) in [6.45, 7) is 2.25. The summed E-state index contributed by atoms with van der Waals surface area (Å²) in [6, 6.07) is 0. The van der Waals surface area contributed by atoms with Crippen LogP contribution in [0.15, 0.2) is 6.33 Å². The first-order valence-electron chi connectivity index (χ1n) is 5.66. The standard InChI is InChI=1S/C11H15N5/c1-11(4-2-3-5-11)10-15-7-8(12)13-6-14-9(7)16-10/h6H,2-5H2,1H3,(H3,12,13,14,15,16). The number of nitrogens with two attached hydrogens (primary N) is 1. The van der Waals surface area contributed by atoms with E-state index in [2.05, 4.69) is 26.9 Å². The van der Waals surface area contributed by atoms with Gasteiger partial charge in [0, 0.05) is 5.41 Å². The molecule has 0 saturated heterocycles. The van der Waals surface area contributed by atoms with Gasteiger partial charge in [-0.1, -0.05) is 19.8 Å². The number of aromatic nitrogens is 4. The summed E-state index contributed by atoms with van der Waals surface area (Å²) in [5.74, 6) is 1.48. The Labute approximate surface area is 93.5 Å². The number of rotatable bonds is 1. The predicted octanol–water partition coefficient (Wildman–Crippen LogP) is 1.77. The van der Waals surface area contributed by atoms with E-state index >= 15 is 0 Å². The van der Waals surface area contributed by atoms with Crippen LogP contribution in [0.4, 0.5) is 5.82 Å². The first-order valence-corrected chi connectivity index (χ1v) is 5.66. The second kappa shape index (κ2) is 3.17. The molecule has 1 fully saturated rings. The number of H-pyrrole nitrogens is 1. The molecule has 1 aliphatic rings. The molecule has 0 atom stereocenters. The molecule has 0 spiro atoms. The molecule has 0 aromatic carbocycles. The molecule has 3 N–H and O–H groups in total. The van der Waals surface area contributed by atoms with Crippen LogP contribution in [0.25, 0.3) is 11.2 Å². The van der Waals surface area contributed by atoms with Crippen LogP contribution in [0, 0.1) is 0 Å². The average molecular weight is 217 g/mol. The van der Waals surface area contributed by atoms with Crippen molar-refractivity contribution in [3.8, 4) is 0 Å². The largest absolute Gasteiger partial charge is 0.382 e. The maximum absolute atomic E-state index is 5.79. The van der Waals surface area contributed by atoms with Crippen LogP contribution in [0.5, 0.6) is 0 Å². The summed E-state index contributed by atoms with van der Waals surface area (Å²) in [5, 5.41) is 0. The van der Waals surface area contributed by atoms with Gasteiger partial charge in [-0.3, -0.25) is 0 Å². The Bertz CT molecular complexity index is 524. The number of nitrogens with one attached hydrogen (secondary N) is 1. The van der Waals surface area contributed by atoms with Crippen molar-refractivity contribution in [2.45, 2.75) is 38.0 Å². The Morgan fingerprint density at radius 3 is 2.75 bits per heavy atom. The normalized spacial score (nSPS) is 19.3. The molecule has 0 bridgehead atoms. The summed E-state index contributed by atoms with van der Waals surface area (Å²) in [6.07, 6.45) is 6.36. The summed E-state index contributed by atoms with van der Waals surface area (Å²) in [5.41, 5.74) is 7.39. The van der Waals surface area contributed by atoms with Crippen molar-refractivity contribution in [1.29, 1.82) is 0 Å². The molecule has 2 aromatic heterocycles.